The Balaban J connectivity index is 2.02. The third-order valence-electron chi connectivity index (χ3n) is 5.35. The van der Waals surface area contributed by atoms with Crippen molar-refractivity contribution in [3.63, 3.8) is 0 Å². The second kappa shape index (κ2) is 13.4. The van der Waals surface area contributed by atoms with Crippen molar-refractivity contribution in [2.45, 2.75) is 57.7 Å². The zero-order valence-corrected chi connectivity index (χ0v) is 19.6. The molecule has 7 heteroatoms. The number of rotatable bonds is 12. The first-order chi connectivity index (χ1) is 15.8. The van der Waals surface area contributed by atoms with Crippen LogP contribution in [-0.4, -0.2) is 43.0 Å². The second-order valence-electron chi connectivity index (χ2n) is 8.60. The quantitative estimate of drug-likeness (QED) is 0.428. The molecule has 0 aliphatic heterocycles. The van der Waals surface area contributed by atoms with Crippen LogP contribution in [0.15, 0.2) is 60.7 Å². The van der Waals surface area contributed by atoms with Gasteiger partial charge in [0.25, 0.3) is 0 Å². The Labute approximate surface area is 196 Å². The number of ether oxygens (including phenoxy) is 1. The molecule has 2 rings (SSSR count). The Hall–Kier alpha value is -3.19. The van der Waals surface area contributed by atoms with Gasteiger partial charge in [-0.25, -0.2) is 4.79 Å². The number of nitrogens with one attached hydrogen (secondary N) is 2. The highest BCUT2D eigenvalue weighted by molar-refractivity contribution is 5.92. The summed E-state index contributed by atoms with van der Waals surface area (Å²) in [6.07, 6.45) is 1.84. The number of nitrogens with two attached hydrogens (primary N) is 1. The van der Waals surface area contributed by atoms with Crippen molar-refractivity contribution in [2.75, 3.05) is 7.11 Å². The van der Waals surface area contributed by atoms with E-state index >= 15 is 0 Å². The highest BCUT2D eigenvalue weighted by Crippen LogP contribution is 2.10. The molecule has 4 N–H and O–H groups in total. The van der Waals surface area contributed by atoms with E-state index in [1.165, 1.54) is 7.11 Å². The standard InChI is InChI=1S/C26H35N3O4/c1-18(2)16-22(28-24(30)21(27)15-14-19-10-6-4-7-11-19)25(31)29-23(26(32)33-3)17-20-12-8-5-9-13-20/h4-13,18,21-23H,14-17,27H2,1-3H3,(H,28,30)(H,29,31)/t21-,22-,23-/m0/s1. The van der Waals surface area contributed by atoms with Gasteiger partial charge in [-0.15, -0.1) is 0 Å². The molecule has 0 heterocycles. The number of benzene rings is 2. The van der Waals surface area contributed by atoms with Gasteiger partial charge in [0, 0.05) is 6.42 Å². The summed E-state index contributed by atoms with van der Waals surface area (Å²) in [7, 11) is 1.28. The molecule has 178 valence electrons. The summed E-state index contributed by atoms with van der Waals surface area (Å²) in [5.41, 5.74) is 8.09. The first kappa shape index (κ1) is 26.1. The molecular weight excluding hydrogens is 418 g/mol. The monoisotopic (exact) mass is 453 g/mol. The maximum atomic E-state index is 13.1. The van der Waals surface area contributed by atoms with Crippen molar-refractivity contribution in [1.29, 1.82) is 0 Å². The lowest BCUT2D eigenvalue weighted by Crippen LogP contribution is -2.55. The summed E-state index contributed by atoms with van der Waals surface area (Å²) in [5.74, 6) is -1.21. The van der Waals surface area contributed by atoms with Gasteiger partial charge in [-0.2, -0.15) is 0 Å². The van der Waals surface area contributed by atoms with Gasteiger partial charge in [0.15, 0.2) is 0 Å². The van der Waals surface area contributed by atoms with Crippen LogP contribution in [0.25, 0.3) is 0 Å². The number of amides is 2. The van der Waals surface area contributed by atoms with Crippen molar-refractivity contribution in [2.24, 2.45) is 11.7 Å². The van der Waals surface area contributed by atoms with Crippen LogP contribution in [0.1, 0.15) is 37.8 Å². The van der Waals surface area contributed by atoms with E-state index < -0.39 is 30.0 Å². The van der Waals surface area contributed by atoms with Gasteiger partial charge in [0.2, 0.25) is 11.8 Å². The lowest BCUT2D eigenvalue weighted by molar-refractivity contribution is -0.145. The van der Waals surface area contributed by atoms with Crippen LogP contribution < -0.4 is 16.4 Å². The number of esters is 1. The lowest BCUT2D eigenvalue weighted by atomic mass is 10.00. The fourth-order valence-corrected chi connectivity index (χ4v) is 3.54. The van der Waals surface area contributed by atoms with Crippen LogP contribution >= 0.6 is 0 Å². The van der Waals surface area contributed by atoms with E-state index in [9.17, 15) is 14.4 Å². The average molecular weight is 454 g/mol. The van der Waals surface area contributed by atoms with Gasteiger partial charge in [0.05, 0.1) is 13.2 Å². The fraction of sp³-hybridized carbons (Fsp3) is 0.423. The maximum Gasteiger partial charge on any atom is 0.328 e. The molecule has 2 aromatic carbocycles. The first-order valence-electron chi connectivity index (χ1n) is 11.3. The molecule has 7 nitrogen and oxygen atoms in total. The highest BCUT2D eigenvalue weighted by atomic mass is 16.5. The molecule has 3 atom stereocenters. The third kappa shape index (κ3) is 9.06. The smallest absolute Gasteiger partial charge is 0.328 e. The molecule has 0 bridgehead atoms. The number of carbonyl (C=O) groups excluding carboxylic acids is 3. The molecule has 0 radical (unpaired) electrons. The van der Waals surface area contributed by atoms with Crippen molar-refractivity contribution < 1.29 is 19.1 Å². The summed E-state index contributed by atoms with van der Waals surface area (Å²) < 4.78 is 4.88. The third-order valence-corrected chi connectivity index (χ3v) is 5.35. The van der Waals surface area contributed by atoms with Gasteiger partial charge >= 0.3 is 5.97 Å². The van der Waals surface area contributed by atoms with E-state index in [0.717, 1.165) is 11.1 Å². The van der Waals surface area contributed by atoms with Gasteiger partial charge in [-0.1, -0.05) is 74.5 Å². The summed E-state index contributed by atoms with van der Waals surface area (Å²) in [4.78, 5) is 38.1. The Morgan fingerprint density at radius 2 is 1.39 bits per heavy atom. The van der Waals surface area contributed by atoms with Gasteiger partial charge in [-0.05, 0) is 36.3 Å². The van der Waals surface area contributed by atoms with Crippen LogP contribution in [0, 0.1) is 5.92 Å². The Morgan fingerprint density at radius 3 is 1.94 bits per heavy atom. The molecule has 0 saturated heterocycles. The Morgan fingerprint density at radius 1 is 0.848 bits per heavy atom. The van der Waals surface area contributed by atoms with Crippen molar-refractivity contribution in [3.05, 3.63) is 71.8 Å². The first-order valence-corrected chi connectivity index (χ1v) is 11.3. The van der Waals surface area contributed by atoms with Gasteiger partial charge < -0.3 is 21.1 Å². The number of aryl methyl sites for hydroxylation is 1. The zero-order valence-electron chi connectivity index (χ0n) is 19.6. The predicted molar refractivity (Wildman–Crippen MR) is 128 cm³/mol. The van der Waals surface area contributed by atoms with Crippen molar-refractivity contribution in [3.8, 4) is 0 Å². The molecule has 2 aromatic rings. The predicted octanol–water partition coefficient (Wildman–Crippen LogP) is 2.38. The molecule has 0 aliphatic carbocycles. The SMILES string of the molecule is COC(=O)[C@H](Cc1ccccc1)NC(=O)[C@H](CC(C)C)NC(=O)[C@@H](N)CCc1ccccc1. The van der Waals surface area contributed by atoms with E-state index in [2.05, 4.69) is 10.6 Å². The normalized spacial score (nSPS) is 13.6. The van der Waals surface area contributed by atoms with Crippen LogP contribution in [-0.2, 0) is 32.0 Å². The van der Waals surface area contributed by atoms with E-state index in [1.54, 1.807) is 0 Å². The van der Waals surface area contributed by atoms with E-state index in [1.807, 2.05) is 74.5 Å². The minimum atomic E-state index is -0.858. The number of hydrogen-bond donors (Lipinski definition) is 3. The molecular formula is C26H35N3O4. The van der Waals surface area contributed by atoms with E-state index in [4.69, 9.17) is 10.5 Å². The molecule has 2 amide bonds. The van der Waals surface area contributed by atoms with E-state index in [-0.39, 0.29) is 18.2 Å². The molecule has 33 heavy (non-hydrogen) atoms. The minimum absolute atomic E-state index is 0.146. The molecule has 0 aromatic heterocycles. The summed E-state index contributed by atoms with van der Waals surface area (Å²) >= 11 is 0. The minimum Gasteiger partial charge on any atom is -0.467 e. The topological polar surface area (TPSA) is 111 Å². The second-order valence-corrected chi connectivity index (χ2v) is 8.60. The van der Waals surface area contributed by atoms with Gasteiger partial charge in [0.1, 0.15) is 12.1 Å². The summed E-state index contributed by atoms with van der Waals surface area (Å²) in [6, 6.07) is 16.7. The van der Waals surface area contributed by atoms with Gasteiger partial charge in [-0.3, -0.25) is 9.59 Å². The number of hydrogen-bond acceptors (Lipinski definition) is 5. The number of carbonyl (C=O) groups is 3. The highest BCUT2D eigenvalue weighted by Gasteiger charge is 2.29. The number of methoxy groups -OCH3 is 1. The molecule has 0 unspecified atom stereocenters. The van der Waals surface area contributed by atoms with Crippen LogP contribution in [0.5, 0.6) is 0 Å². The van der Waals surface area contributed by atoms with E-state index in [0.29, 0.717) is 19.3 Å². The van der Waals surface area contributed by atoms with Crippen LogP contribution in [0.2, 0.25) is 0 Å². The molecule has 0 spiro atoms. The van der Waals surface area contributed by atoms with Crippen LogP contribution in [0.4, 0.5) is 0 Å². The zero-order chi connectivity index (χ0) is 24.2. The maximum absolute atomic E-state index is 13.1. The molecule has 0 fully saturated rings. The van der Waals surface area contributed by atoms with Crippen molar-refractivity contribution in [1.82, 2.24) is 10.6 Å². The average Bonchev–Trinajstić information content (AvgIpc) is 2.82. The Bertz CT molecular complexity index is 887. The van der Waals surface area contributed by atoms with Crippen LogP contribution in [0.3, 0.4) is 0 Å². The van der Waals surface area contributed by atoms with Crippen molar-refractivity contribution >= 4 is 17.8 Å². The Kier molecular flexibility index (Phi) is 10.6. The molecule has 0 aliphatic rings. The molecule has 0 saturated carbocycles. The summed E-state index contributed by atoms with van der Waals surface area (Å²) in [5, 5.41) is 5.54. The largest absolute Gasteiger partial charge is 0.467 e. The summed E-state index contributed by atoms with van der Waals surface area (Å²) in [6.45, 7) is 3.92. The fourth-order valence-electron chi connectivity index (χ4n) is 3.54. The lowest BCUT2D eigenvalue weighted by Gasteiger charge is -2.24.